The first kappa shape index (κ1) is 20.3. The van der Waals surface area contributed by atoms with Crippen LogP contribution < -0.4 is 10.5 Å². The SMILES string of the molecule is CC1CCC(Oc2ccnc(C[C@](O)(C(=O)O)[C@@H](N)Cn3cccn3)c2)CC1. The third-order valence-corrected chi connectivity index (χ3v) is 5.43. The Labute approximate surface area is 164 Å². The molecule has 8 nitrogen and oxygen atoms in total. The summed E-state index contributed by atoms with van der Waals surface area (Å²) in [5.41, 5.74) is 4.29. The van der Waals surface area contributed by atoms with Gasteiger partial charge < -0.3 is 20.7 Å². The summed E-state index contributed by atoms with van der Waals surface area (Å²) in [4.78, 5) is 16.0. The van der Waals surface area contributed by atoms with Crippen LogP contribution in [-0.2, 0) is 17.8 Å². The summed E-state index contributed by atoms with van der Waals surface area (Å²) in [6.45, 7) is 2.33. The number of carboxylic acid groups (broad SMARTS) is 1. The van der Waals surface area contributed by atoms with Crippen LogP contribution in [0.2, 0.25) is 0 Å². The van der Waals surface area contributed by atoms with Crippen molar-refractivity contribution in [1.29, 1.82) is 0 Å². The largest absolute Gasteiger partial charge is 0.490 e. The van der Waals surface area contributed by atoms with Crippen molar-refractivity contribution in [3.05, 3.63) is 42.5 Å². The van der Waals surface area contributed by atoms with E-state index in [-0.39, 0.29) is 19.1 Å². The Kier molecular flexibility index (Phi) is 6.31. The topological polar surface area (TPSA) is 123 Å². The molecule has 2 aromatic rings. The molecule has 3 rings (SSSR count). The zero-order valence-electron chi connectivity index (χ0n) is 16.1. The van der Waals surface area contributed by atoms with Gasteiger partial charge in [0.25, 0.3) is 0 Å². The number of aromatic nitrogens is 3. The predicted molar refractivity (Wildman–Crippen MR) is 103 cm³/mol. The number of nitrogens with two attached hydrogens (primary N) is 1. The van der Waals surface area contributed by atoms with E-state index >= 15 is 0 Å². The molecule has 0 unspecified atom stereocenters. The lowest BCUT2D eigenvalue weighted by atomic mass is 9.88. The van der Waals surface area contributed by atoms with Gasteiger partial charge in [0.15, 0.2) is 5.60 Å². The number of carboxylic acids is 1. The molecule has 2 heterocycles. The zero-order chi connectivity index (χ0) is 20.1. The molecule has 4 N–H and O–H groups in total. The molecule has 1 aliphatic carbocycles. The second kappa shape index (κ2) is 8.70. The van der Waals surface area contributed by atoms with Crippen LogP contribution in [0.5, 0.6) is 5.75 Å². The van der Waals surface area contributed by atoms with Crippen LogP contribution in [0.3, 0.4) is 0 Å². The summed E-state index contributed by atoms with van der Waals surface area (Å²) in [5, 5.41) is 24.5. The van der Waals surface area contributed by atoms with Crippen LogP contribution in [-0.4, -0.2) is 48.7 Å². The minimum Gasteiger partial charge on any atom is -0.490 e. The van der Waals surface area contributed by atoms with Crippen LogP contribution >= 0.6 is 0 Å². The Hall–Kier alpha value is -2.45. The average molecular weight is 388 g/mol. The smallest absolute Gasteiger partial charge is 0.337 e. The van der Waals surface area contributed by atoms with Crippen LogP contribution in [0.25, 0.3) is 0 Å². The van der Waals surface area contributed by atoms with Crippen molar-refractivity contribution in [3.63, 3.8) is 0 Å². The first-order chi connectivity index (χ1) is 13.4. The van der Waals surface area contributed by atoms with Crippen LogP contribution in [0.15, 0.2) is 36.8 Å². The maximum atomic E-state index is 11.8. The summed E-state index contributed by atoms with van der Waals surface area (Å²) in [7, 11) is 0. The van der Waals surface area contributed by atoms with Gasteiger partial charge in [0.2, 0.25) is 0 Å². The summed E-state index contributed by atoms with van der Waals surface area (Å²) in [5.74, 6) is -0.0193. The molecule has 1 fully saturated rings. The third kappa shape index (κ3) is 4.88. The minimum absolute atomic E-state index is 0.0756. The second-order valence-electron chi connectivity index (χ2n) is 7.72. The van der Waals surface area contributed by atoms with Crippen molar-refractivity contribution in [2.24, 2.45) is 11.7 Å². The number of hydrogen-bond donors (Lipinski definition) is 3. The number of hydrogen-bond acceptors (Lipinski definition) is 6. The molecule has 2 aromatic heterocycles. The lowest BCUT2D eigenvalue weighted by Crippen LogP contribution is -2.57. The Bertz CT molecular complexity index is 774. The van der Waals surface area contributed by atoms with E-state index in [0.717, 1.165) is 31.6 Å². The predicted octanol–water partition coefficient (Wildman–Crippen LogP) is 1.62. The molecule has 0 amide bonds. The molecule has 0 aromatic carbocycles. The lowest BCUT2D eigenvalue weighted by Gasteiger charge is -2.30. The fourth-order valence-electron chi connectivity index (χ4n) is 3.57. The summed E-state index contributed by atoms with van der Waals surface area (Å²) in [6.07, 6.45) is 9.04. The highest BCUT2D eigenvalue weighted by molar-refractivity contribution is 5.78. The van der Waals surface area contributed by atoms with E-state index in [9.17, 15) is 15.0 Å². The minimum atomic E-state index is -2.17. The van der Waals surface area contributed by atoms with E-state index in [1.165, 1.54) is 4.68 Å². The molecule has 0 radical (unpaired) electrons. The van der Waals surface area contributed by atoms with Gasteiger partial charge in [-0.1, -0.05) is 6.92 Å². The maximum absolute atomic E-state index is 11.8. The van der Waals surface area contributed by atoms with Crippen molar-refractivity contribution in [2.45, 2.75) is 63.3 Å². The zero-order valence-corrected chi connectivity index (χ0v) is 16.1. The molecular weight excluding hydrogens is 360 g/mol. The first-order valence-corrected chi connectivity index (χ1v) is 9.67. The van der Waals surface area contributed by atoms with Gasteiger partial charge in [-0.15, -0.1) is 0 Å². The Morgan fingerprint density at radius 3 is 2.79 bits per heavy atom. The van der Waals surface area contributed by atoms with E-state index in [1.807, 2.05) is 0 Å². The highest BCUT2D eigenvalue weighted by atomic mass is 16.5. The maximum Gasteiger partial charge on any atom is 0.337 e. The molecule has 152 valence electrons. The molecule has 0 spiro atoms. The van der Waals surface area contributed by atoms with E-state index in [2.05, 4.69) is 17.0 Å². The monoisotopic (exact) mass is 388 g/mol. The van der Waals surface area contributed by atoms with Gasteiger partial charge in [-0.3, -0.25) is 9.67 Å². The van der Waals surface area contributed by atoms with Crippen LogP contribution in [0.1, 0.15) is 38.3 Å². The molecule has 0 saturated heterocycles. The summed E-state index contributed by atoms with van der Waals surface area (Å²) in [6, 6.07) is 4.09. The third-order valence-electron chi connectivity index (χ3n) is 5.43. The number of rotatable bonds is 8. The lowest BCUT2D eigenvalue weighted by molar-refractivity contribution is -0.161. The molecule has 2 atom stereocenters. The van der Waals surface area contributed by atoms with E-state index in [1.54, 1.807) is 36.8 Å². The molecule has 1 aliphatic rings. The number of carbonyl (C=O) groups is 1. The first-order valence-electron chi connectivity index (χ1n) is 9.67. The number of ether oxygens (including phenoxy) is 1. The van der Waals surface area contributed by atoms with Gasteiger partial charge in [-0.25, -0.2) is 4.79 Å². The van der Waals surface area contributed by atoms with Crippen molar-refractivity contribution in [3.8, 4) is 5.75 Å². The molecule has 28 heavy (non-hydrogen) atoms. The van der Waals surface area contributed by atoms with Gasteiger partial charge >= 0.3 is 5.97 Å². The fraction of sp³-hybridized carbons (Fsp3) is 0.550. The van der Waals surface area contributed by atoms with Gasteiger partial charge in [0, 0.05) is 36.8 Å². The quantitative estimate of drug-likeness (QED) is 0.628. The number of nitrogens with zero attached hydrogens (tertiary/aromatic N) is 3. The van der Waals surface area contributed by atoms with E-state index < -0.39 is 17.6 Å². The van der Waals surface area contributed by atoms with Gasteiger partial charge in [-0.05, 0) is 43.7 Å². The molecule has 8 heteroatoms. The van der Waals surface area contributed by atoms with Gasteiger partial charge in [0.05, 0.1) is 18.7 Å². The number of pyridine rings is 1. The fourth-order valence-corrected chi connectivity index (χ4v) is 3.57. The van der Waals surface area contributed by atoms with E-state index in [4.69, 9.17) is 10.5 Å². The highest BCUT2D eigenvalue weighted by Crippen LogP contribution is 2.28. The Balaban J connectivity index is 1.69. The summed E-state index contributed by atoms with van der Waals surface area (Å²) >= 11 is 0. The average Bonchev–Trinajstić information content (AvgIpc) is 3.16. The molecule has 0 aliphatic heterocycles. The van der Waals surface area contributed by atoms with Crippen molar-refractivity contribution < 1.29 is 19.7 Å². The van der Waals surface area contributed by atoms with Crippen LogP contribution in [0.4, 0.5) is 0 Å². The number of aliphatic carboxylic acids is 1. The van der Waals surface area contributed by atoms with Crippen molar-refractivity contribution >= 4 is 5.97 Å². The summed E-state index contributed by atoms with van der Waals surface area (Å²) < 4.78 is 7.55. The molecular formula is C20H28N4O4. The molecule has 1 saturated carbocycles. The van der Waals surface area contributed by atoms with E-state index in [0.29, 0.717) is 11.4 Å². The highest BCUT2D eigenvalue weighted by Gasteiger charge is 2.43. The normalized spacial score (nSPS) is 23.0. The van der Waals surface area contributed by atoms with Crippen molar-refractivity contribution in [1.82, 2.24) is 14.8 Å². The Morgan fingerprint density at radius 2 is 2.14 bits per heavy atom. The van der Waals surface area contributed by atoms with Crippen molar-refractivity contribution in [2.75, 3.05) is 0 Å². The number of aliphatic hydroxyl groups is 1. The Morgan fingerprint density at radius 1 is 1.39 bits per heavy atom. The van der Waals surface area contributed by atoms with Crippen LogP contribution in [0, 0.1) is 5.92 Å². The molecule has 0 bridgehead atoms. The second-order valence-corrected chi connectivity index (χ2v) is 7.72. The van der Waals surface area contributed by atoms with Gasteiger partial charge in [0.1, 0.15) is 5.75 Å². The standard InChI is InChI=1S/C20H28N4O4/c1-14-3-5-16(6-4-14)28-17-7-9-22-15(11-17)12-20(27,19(25)26)18(21)13-24-10-2-8-23-24/h2,7-11,14,16,18,27H,3-6,12-13,21H2,1H3,(H,25,26)/t14?,16?,18-,20+/m0/s1. The van der Waals surface area contributed by atoms with Gasteiger partial charge in [-0.2, -0.15) is 5.10 Å².